The Hall–Kier alpha value is -1.75. The first kappa shape index (κ1) is 15.3. The van der Waals surface area contributed by atoms with Gasteiger partial charge in [-0.1, -0.05) is 18.2 Å². The molecule has 1 rings (SSSR count). The fraction of sp³-hybridized carbons (Fsp3) is 0.364. The maximum atomic E-state index is 12.7. The van der Waals surface area contributed by atoms with Gasteiger partial charge in [-0.15, -0.1) is 0 Å². The van der Waals surface area contributed by atoms with Crippen molar-refractivity contribution >= 4 is 0 Å². The number of halogens is 6. The van der Waals surface area contributed by atoms with Gasteiger partial charge in [-0.2, -0.15) is 31.6 Å². The summed E-state index contributed by atoms with van der Waals surface area (Å²) in [5.41, 5.74) is -1.65. The summed E-state index contributed by atoms with van der Waals surface area (Å²) in [6, 6.07) is 3.73. The van der Waals surface area contributed by atoms with Crippen LogP contribution in [0.15, 0.2) is 24.3 Å². The van der Waals surface area contributed by atoms with Crippen LogP contribution < -0.4 is 5.32 Å². The minimum atomic E-state index is -4.73. The van der Waals surface area contributed by atoms with Crippen LogP contribution in [0.1, 0.15) is 17.2 Å². The third-order valence-electron chi connectivity index (χ3n) is 2.21. The van der Waals surface area contributed by atoms with Crippen LogP contribution in [0.4, 0.5) is 26.3 Å². The molecule has 1 atom stereocenters. The number of hydrogen-bond donors (Lipinski definition) is 1. The third-order valence-corrected chi connectivity index (χ3v) is 2.21. The smallest absolute Gasteiger partial charge is 0.290 e. The van der Waals surface area contributed by atoms with Gasteiger partial charge in [-0.3, -0.25) is 5.32 Å². The fourth-order valence-corrected chi connectivity index (χ4v) is 1.45. The Balaban J connectivity index is 3.03. The van der Waals surface area contributed by atoms with E-state index < -0.39 is 36.1 Å². The lowest BCUT2D eigenvalue weighted by molar-refractivity contribution is -0.138. The second-order valence-corrected chi connectivity index (χ2v) is 3.64. The Bertz CT molecular complexity index is 471. The van der Waals surface area contributed by atoms with E-state index in [1.807, 2.05) is 0 Å². The first-order valence-corrected chi connectivity index (χ1v) is 5.01. The van der Waals surface area contributed by atoms with Gasteiger partial charge in [0, 0.05) is 0 Å². The van der Waals surface area contributed by atoms with Crippen molar-refractivity contribution in [1.29, 1.82) is 5.26 Å². The minimum absolute atomic E-state index is 0.526. The molecular weight excluding hydrogens is 274 g/mol. The maximum absolute atomic E-state index is 12.7. The van der Waals surface area contributed by atoms with Crippen LogP contribution in [-0.4, -0.2) is 12.7 Å². The number of nitrogens with one attached hydrogen (secondary N) is 1. The van der Waals surface area contributed by atoms with Crippen LogP contribution in [0.3, 0.4) is 0 Å². The molecule has 0 fully saturated rings. The molecule has 1 unspecified atom stereocenters. The van der Waals surface area contributed by atoms with E-state index in [4.69, 9.17) is 5.26 Å². The molecular formula is C11H8F6N2. The van der Waals surface area contributed by atoms with Crippen LogP contribution in [0.2, 0.25) is 0 Å². The number of alkyl halides is 6. The summed E-state index contributed by atoms with van der Waals surface area (Å²) < 4.78 is 74.0. The Morgan fingerprint density at radius 1 is 1.11 bits per heavy atom. The Kier molecular flexibility index (Phi) is 4.42. The molecule has 1 aromatic carbocycles. The molecule has 0 bridgehead atoms. The molecule has 0 aliphatic carbocycles. The van der Waals surface area contributed by atoms with Crippen molar-refractivity contribution in [3.63, 3.8) is 0 Å². The highest BCUT2D eigenvalue weighted by atomic mass is 19.4. The summed E-state index contributed by atoms with van der Waals surface area (Å²) in [5.74, 6) is 0. The van der Waals surface area contributed by atoms with Crippen molar-refractivity contribution in [1.82, 2.24) is 5.32 Å². The zero-order valence-electron chi connectivity index (χ0n) is 9.31. The summed E-state index contributed by atoms with van der Waals surface area (Å²) >= 11 is 0. The average molecular weight is 282 g/mol. The first-order valence-electron chi connectivity index (χ1n) is 5.01. The standard InChI is InChI=1S/C11H8F6N2/c12-10(13,14)6-19-9(5-18)7-3-1-2-4-8(7)11(15,16)17/h1-4,9,19H,6H2. The lowest BCUT2D eigenvalue weighted by atomic mass is 10.0. The second kappa shape index (κ2) is 5.48. The lowest BCUT2D eigenvalue weighted by Gasteiger charge is -2.18. The molecule has 104 valence electrons. The summed E-state index contributed by atoms with van der Waals surface area (Å²) in [7, 11) is 0. The van der Waals surface area contributed by atoms with Gasteiger partial charge in [0.15, 0.2) is 0 Å². The Morgan fingerprint density at radius 3 is 2.16 bits per heavy atom. The molecule has 0 spiro atoms. The van der Waals surface area contributed by atoms with Gasteiger partial charge in [0.25, 0.3) is 0 Å². The molecule has 0 aliphatic heterocycles. The number of benzene rings is 1. The monoisotopic (exact) mass is 282 g/mol. The van der Waals surface area contributed by atoms with E-state index in [1.165, 1.54) is 12.1 Å². The van der Waals surface area contributed by atoms with Crippen molar-refractivity contribution in [2.75, 3.05) is 6.54 Å². The topological polar surface area (TPSA) is 35.8 Å². The van der Waals surface area contributed by atoms with Crippen LogP contribution in [0.5, 0.6) is 0 Å². The van der Waals surface area contributed by atoms with Gasteiger partial charge < -0.3 is 0 Å². The van der Waals surface area contributed by atoms with Crippen molar-refractivity contribution in [2.24, 2.45) is 0 Å². The molecule has 0 heterocycles. The van der Waals surface area contributed by atoms with Crippen molar-refractivity contribution in [3.8, 4) is 6.07 Å². The summed E-state index contributed by atoms with van der Waals surface area (Å²) in [6.45, 7) is -1.54. The summed E-state index contributed by atoms with van der Waals surface area (Å²) in [4.78, 5) is 0. The van der Waals surface area contributed by atoms with Crippen molar-refractivity contribution in [3.05, 3.63) is 35.4 Å². The van der Waals surface area contributed by atoms with Crippen LogP contribution in [0.25, 0.3) is 0 Å². The summed E-state index contributed by atoms with van der Waals surface area (Å²) in [6.07, 6.45) is -9.34. The zero-order valence-corrected chi connectivity index (χ0v) is 9.31. The Labute approximate surface area is 104 Å². The predicted octanol–water partition coefficient (Wildman–Crippen LogP) is 3.42. The van der Waals surface area contributed by atoms with E-state index in [1.54, 1.807) is 5.32 Å². The van der Waals surface area contributed by atoms with E-state index >= 15 is 0 Å². The second-order valence-electron chi connectivity index (χ2n) is 3.64. The quantitative estimate of drug-likeness (QED) is 0.862. The highest BCUT2D eigenvalue weighted by molar-refractivity contribution is 5.35. The molecule has 0 aliphatic rings. The Morgan fingerprint density at radius 2 is 1.68 bits per heavy atom. The first-order chi connectivity index (χ1) is 8.65. The van der Waals surface area contributed by atoms with Gasteiger partial charge in [0.1, 0.15) is 6.04 Å². The molecule has 1 N–H and O–H groups in total. The van der Waals surface area contributed by atoms with E-state index in [9.17, 15) is 26.3 Å². The lowest BCUT2D eigenvalue weighted by Crippen LogP contribution is -2.32. The molecule has 2 nitrogen and oxygen atoms in total. The summed E-state index contributed by atoms with van der Waals surface area (Å²) in [5, 5.41) is 10.5. The van der Waals surface area contributed by atoms with E-state index in [2.05, 4.69) is 0 Å². The zero-order chi connectivity index (χ0) is 14.7. The average Bonchev–Trinajstić information content (AvgIpc) is 2.27. The number of nitriles is 1. The van der Waals surface area contributed by atoms with Crippen LogP contribution in [0, 0.1) is 11.3 Å². The minimum Gasteiger partial charge on any atom is -0.290 e. The van der Waals surface area contributed by atoms with E-state index in [0.29, 0.717) is 0 Å². The molecule has 8 heteroatoms. The highest BCUT2D eigenvalue weighted by Crippen LogP contribution is 2.34. The van der Waals surface area contributed by atoms with Gasteiger partial charge in [0.05, 0.1) is 18.2 Å². The normalized spacial score (nSPS) is 13.9. The highest BCUT2D eigenvalue weighted by Gasteiger charge is 2.36. The fourth-order valence-electron chi connectivity index (χ4n) is 1.45. The molecule has 1 aromatic rings. The van der Waals surface area contributed by atoms with Crippen molar-refractivity contribution < 1.29 is 26.3 Å². The van der Waals surface area contributed by atoms with Gasteiger partial charge in [0.2, 0.25) is 0 Å². The van der Waals surface area contributed by atoms with Gasteiger partial charge >= 0.3 is 12.4 Å². The SMILES string of the molecule is N#CC(NCC(F)(F)F)c1ccccc1C(F)(F)F. The molecule has 0 saturated carbocycles. The number of nitrogens with zero attached hydrogens (tertiary/aromatic N) is 1. The largest absolute Gasteiger partial charge is 0.416 e. The third kappa shape index (κ3) is 4.44. The molecule has 0 saturated heterocycles. The van der Waals surface area contributed by atoms with Crippen molar-refractivity contribution in [2.45, 2.75) is 18.4 Å². The molecule has 19 heavy (non-hydrogen) atoms. The predicted molar refractivity (Wildman–Crippen MR) is 53.9 cm³/mol. The maximum Gasteiger partial charge on any atom is 0.416 e. The van der Waals surface area contributed by atoms with Gasteiger partial charge in [-0.25, -0.2) is 0 Å². The van der Waals surface area contributed by atoms with Gasteiger partial charge in [-0.05, 0) is 11.6 Å². The van der Waals surface area contributed by atoms with E-state index in [0.717, 1.165) is 18.2 Å². The van der Waals surface area contributed by atoms with Crippen LogP contribution in [-0.2, 0) is 6.18 Å². The molecule has 0 aromatic heterocycles. The molecule has 0 radical (unpaired) electrons. The number of hydrogen-bond acceptors (Lipinski definition) is 2. The van der Waals surface area contributed by atoms with Crippen LogP contribution >= 0.6 is 0 Å². The van der Waals surface area contributed by atoms with E-state index in [-0.39, 0.29) is 0 Å². The molecule has 0 amide bonds. The number of rotatable bonds is 3.